The lowest BCUT2D eigenvalue weighted by Crippen LogP contribution is -2.45. The maximum Gasteiger partial charge on any atom is 0.472 e. The number of nitrogens with one attached hydrogen (secondary N) is 1. The van der Waals surface area contributed by atoms with E-state index in [1.807, 2.05) is 27.2 Å². The summed E-state index contributed by atoms with van der Waals surface area (Å²) in [6, 6.07) is -0.845. The van der Waals surface area contributed by atoms with Gasteiger partial charge in [-0.25, -0.2) is 4.57 Å². The number of allylic oxidation sites excluding steroid dienone is 7. The van der Waals surface area contributed by atoms with Gasteiger partial charge in [0.1, 0.15) is 13.2 Å². The molecule has 0 bridgehead atoms. The fourth-order valence-corrected chi connectivity index (χ4v) is 10.1. The van der Waals surface area contributed by atoms with Gasteiger partial charge >= 0.3 is 7.82 Å². The zero-order valence-electron chi connectivity index (χ0n) is 49.1. The molecule has 1 amide bonds. The fraction of sp³-hybridized carbons (Fsp3) is 0.859. The van der Waals surface area contributed by atoms with Gasteiger partial charge in [-0.05, 0) is 57.8 Å². The standard InChI is InChI=1S/C64H123N2O6P/c1-6-8-10-12-14-16-18-20-22-23-24-25-26-27-28-29-30-31-32-33-34-35-36-37-38-39-40-41-42-43-44-46-48-50-52-54-56-58-64(68)65-62(61-72-73(69,70)71-60-59-66(3,4)5)63(67)57-55-53-51-49-47-45-21-19-17-15-13-11-9-7-2/h18,20,23-24,26-27,55,57,62-63,67H,6-17,19,21-22,25,28-54,56,58-61H2,1-5H3,(H-,65,68,69,70)/p+1/b20-18-,24-23-,27-26-,57-55+. The van der Waals surface area contributed by atoms with E-state index in [2.05, 4.69) is 55.6 Å². The van der Waals surface area contributed by atoms with Crippen LogP contribution < -0.4 is 5.32 Å². The molecule has 3 unspecified atom stereocenters. The monoisotopic (exact) mass is 1050 g/mol. The number of likely N-dealkylation sites (N-methyl/N-ethyl adjacent to an activating group) is 1. The normalized spacial score (nSPS) is 14.1. The highest BCUT2D eigenvalue weighted by molar-refractivity contribution is 7.47. The van der Waals surface area contributed by atoms with E-state index >= 15 is 0 Å². The Balaban J connectivity index is 3.94. The number of phosphoric acid groups is 1. The summed E-state index contributed by atoms with van der Waals surface area (Å²) in [5, 5.41) is 13.9. The number of unbranched alkanes of at least 4 members (excludes halogenated alkanes) is 39. The summed E-state index contributed by atoms with van der Waals surface area (Å²) in [6.45, 7) is 4.83. The van der Waals surface area contributed by atoms with Crippen LogP contribution in [0.25, 0.3) is 0 Å². The van der Waals surface area contributed by atoms with Crippen LogP contribution in [0.4, 0.5) is 0 Å². The molecular formula is C64H124N2O6P+. The van der Waals surface area contributed by atoms with Crippen LogP contribution in [0.15, 0.2) is 48.6 Å². The van der Waals surface area contributed by atoms with Gasteiger partial charge in [0.05, 0.1) is 39.9 Å². The zero-order valence-corrected chi connectivity index (χ0v) is 50.0. The lowest BCUT2D eigenvalue weighted by atomic mass is 10.0. The van der Waals surface area contributed by atoms with Crippen molar-refractivity contribution in [1.29, 1.82) is 0 Å². The third-order valence-corrected chi connectivity index (χ3v) is 15.3. The summed E-state index contributed by atoms with van der Waals surface area (Å²) in [5.41, 5.74) is 0. The molecule has 430 valence electrons. The van der Waals surface area contributed by atoms with E-state index in [4.69, 9.17) is 9.05 Å². The van der Waals surface area contributed by atoms with Gasteiger partial charge in [-0.2, -0.15) is 0 Å². The van der Waals surface area contributed by atoms with Crippen LogP contribution in [0.5, 0.6) is 0 Å². The van der Waals surface area contributed by atoms with Gasteiger partial charge in [-0.15, -0.1) is 0 Å². The second kappa shape index (κ2) is 55.2. The van der Waals surface area contributed by atoms with Crippen LogP contribution in [0.1, 0.15) is 303 Å². The van der Waals surface area contributed by atoms with Crippen LogP contribution in [0.3, 0.4) is 0 Å². The Labute approximate surface area is 454 Å². The smallest absolute Gasteiger partial charge is 0.387 e. The summed E-state index contributed by atoms with van der Waals surface area (Å²) in [7, 11) is 1.58. The number of quaternary nitrogens is 1. The first-order chi connectivity index (χ1) is 35.5. The Bertz CT molecular complexity index is 1330. The van der Waals surface area contributed by atoms with Crippen molar-refractivity contribution in [3.63, 3.8) is 0 Å². The molecule has 0 aliphatic heterocycles. The van der Waals surface area contributed by atoms with Crippen molar-refractivity contribution in [2.24, 2.45) is 0 Å². The molecule has 0 spiro atoms. The molecule has 0 saturated carbocycles. The third kappa shape index (κ3) is 58.0. The molecular weight excluding hydrogens is 924 g/mol. The van der Waals surface area contributed by atoms with Crippen LogP contribution in [0.2, 0.25) is 0 Å². The van der Waals surface area contributed by atoms with E-state index in [0.717, 1.165) is 51.4 Å². The van der Waals surface area contributed by atoms with Gasteiger partial charge < -0.3 is 19.8 Å². The Kier molecular flexibility index (Phi) is 54.1. The number of nitrogens with zero attached hydrogens (tertiary/aromatic N) is 1. The topological polar surface area (TPSA) is 105 Å². The van der Waals surface area contributed by atoms with Gasteiger partial charge in [0.15, 0.2) is 0 Å². The van der Waals surface area contributed by atoms with Crippen molar-refractivity contribution in [1.82, 2.24) is 5.32 Å². The number of aliphatic hydroxyl groups is 1. The summed E-state index contributed by atoms with van der Waals surface area (Å²) >= 11 is 0. The number of carbonyl (C=O) groups excluding carboxylic acids is 1. The molecule has 0 aliphatic rings. The highest BCUT2D eigenvalue weighted by Crippen LogP contribution is 2.43. The van der Waals surface area contributed by atoms with E-state index in [9.17, 15) is 19.4 Å². The Hall–Kier alpha value is -1.54. The summed E-state index contributed by atoms with van der Waals surface area (Å²) in [4.78, 5) is 23.3. The molecule has 0 rings (SSSR count). The molecule has 0 saturated heterocycles. The maximum absolute atomic E-state index is 13.0. The molecule has 3 N–H and O–H groups in total. The first-order valence-electron chi connectivity index (χ1n) is 31.5. The minimum absolute atomic E-state index is 0.0628. The van der Waals surface area contributed by atoms with E-state index in [0.29, 0.717) is 17.4 Å². The second-order valence-electron chi connectivity index (χ2n) is 22.8. The molecule has 0 aromatic heterocycles. The molecule has 3 atom stereocenters. The number of carbonyl (C=O) groups is 1. The average Bonchev–Trinajstić information content (AvgIpc) is 3.35. The quantitative estimate of drug-likeness (QED) is 0.0243. The number of hydrogen-bond donors (Lipinski definition) is 3. The first-order valence-corrected chi connectivity index (χ1v) is 33.0. The van der Waals surface area contributed by atoms with Crippen LogP contribution in [-0.4, -0.2) is 73.4 Å². The largest absolute Gasteiger partial charge is 0.472 e. The van der Waals surface area contributed by atoms with Gasteiger partial charge in [0.25, 0.3) is 0 Å². The Morgan fingerprint density at radius 3 is 1.14 bits per heavy atom. The Morgan fingerprint density at radius 2 is 0.781 bits per heavy atom. The minimum atomic E-state index is -4.34. The lowest BCUT2D eigenvalue weighted by molar-refractivity contribution is -0.870. The fourth-order valence-electron chi connectivity index (χ4n) is 9.35. The number of hydrogen-bond acceptors (Lipinski definition) is 5. The molecule has 0 aromatic carbocycles. The van der Waals surface area contributed by atoms with Crippen LogP contribution in [0, 0.1) is 0 Å². The molecule has 73 heavy (non-hydrogen) atoms. The van der Waals surface area contributed by atoms with E-state index in [1.165, 1.54) is 231 Å². The summed E-state index contributed by atoms with van der Waals surface area (Å²) in [5.74, 6) is -0.173. The zero-order chi connectivity index (χ0) is 53.5. The molecule has 0 heterocycles. The Morgan fingerprint density at radius 1 is 0.466 bits per heavy atom. The number of amides is 1. The van der Waals surface area contributed by atoms with E-state index < -0.39 is 20.0 Å². The van der Waals surface area contributed by atoms with Crippen molar-refractivity contribution < 1.29 is 32.9 Å². The van der Waals surface area contributed by atoms with Crippen molar-refractivity contribution in [2.75, 3.05) is 40.9 Å². The van der Waals surface area contributed by atoms with E-state index in [1.54, 1.807) is 6.08 Å². The van der Waals surface area contributed by atoms with Crippen molar-refractivity contribution in [3.8, 4) is 0 Å². The van der Waals surface area contributed by atoms with Gasteiger partial charge in [-0.3, -0.25) is 13.8 Å². The highest BCUT2D eigenvalue weighted by atomic mass is 31.2. The minimum Gasteiger partial charge on any atom is -0.387 e. The van der Waals surface area contributed by atoms with Gasteiger partial charge in [0, 0.05) is 6.42 Å². The van der Waals surface area contributed by atoms with Crippen LogP contribution >= 0.6 is 7.82 Å². The third-order valence-electron chi connectivity index (χ3n) is 14.3. The van der Waals surface area contributed by atoms with Gasteiger partial charge in [0.2, 0.25) is 5.91 Å². The summed E-state index contributed by atoms with van der Waals surface area (Å²) < 4.78 is 23.7. The van der Waals surface area contributed by atoms with Crippen molar-refractivity contribution >= 4 is 13.7 Å². The molecule has 8 nitrogen and oxygen atoms in total. The first kappa shape index (κ1) is 71.5. The molecule has 0 aliphatic carbocycles. The number of rotatable bonds is 58. The molecule has 0 fully saturated rings. The molecule has 9 heteroatoms. The van der Waals surface area contributed by atoms with E-state index in [-0.39, 0.29) is 19.1 Å². The SMILES string of the molecule is CCCCCCC/C=C\C/C=C\C/C=C\CCCCCCCCCCCCCCCCCCCCCCCCC(=O)NC(COP(=O)(O)OCC[N+](C)(C)C)C(O)/C=C/CCCCCCCCCCCCCC. The predicted molar refractivity (Wildman–Crippen MR) is 318 cm³/mol. The van der Waals surface area contributed by atoms with Crippen molar-refractivity contribution in [3.05, 3.63) is 48.6 Å². The molecule has 0 aromatic rings. The summed E-state index contributed by atoms with van der Waals surface area (Å²) in [6.07, 6.45) is 73.8. The second-order valence-corrected chi connectivity index (χ2v) is 24.2. The average molecular weight is 1050 g/mol. The number of aliphatic hydroxyl groups excluding tert-OH is 1. The number of phosphoric ester groups is 1. The predicted octanol–water partition coefficient (Wildman–Crippen LogP) is 19.5. The van der Waals surface area contributed by atoms with Crippen LogP contribution in [-0.2, 0) is 18.4 Å². The van der Waals surface area contributed by atoms with Crippen molar-refractivity contribution in [2.45, 2.75) is 315 Å². The van der Waals surface area contributed by atoms with Gasteiger partial charge in [-0.1, -0.05) is 287 Å². The lowest BCUT2D eigenvalue weighted by Gasteiger charge is -2.25. The maximum atomic E-state index is 13.0. The molecule has 0 radical (unpaired) electrons. The highest BCUT2D eigenvalue weighted by Gasteiger charge is 2.27.